The Kier molecular flexibility index (Phi) is 8.36. The normalized spacial score (nSPS) is 11.9. The van der Waals surface area contributed by atoms with Crippen molar-refractivity contribution >= 4 is 28.5 Å². The van der Waals surface area contributed by atoms with E-state index in [-0.39, 0.29) is 24.1 Å². The smallest absolute Gasteiger partial charge is 0.294 e. The Morgan fingerprint density at radius 3 is 2.55 bits per heavy atom. The van der Waals surface area contributed by atoms with E-state index in [1.54, 1.807) is 65.2 Å². The van der Waals surface area contributed by atoms with Crippen LogP contribution < -0.4 is 21.5 Å². The fourth-order valence-corrected chi connectivity index (χ4v) is 5.13. The maximum Gasteiger partial charge on any atom is 0.294 e. The van der Waals surface area contributed by atoms with Gasteiger partial charge in [0.15, 0.2) is 5.82 Å². The van der Waals surface area contributed by atoms with Crippen LogP contribution in [0.25, 0.3) is 28.0 Å². The first-order valence-corrected chi connectivity index (χ1v) is 14.0. The Bertz CT molecular complexity index is 1980. The molecule has 0 aliphatic carbocycles. The van der Waals surface area contributed by atoms with E-state index in [0.717, 1.165) is 16.5 Å². The number of rotatable bonds is 8. The van der Waals surface area contributed by atoms with Gasteiger partial charge in [0.05, 0.1) is 35.7 Å². The fourth-order valence-electron chi connectivity index (χ4n) is 5.13. The molecule has 0 aliphatic rings. The Hall–Kier alpha value is -5.23. The van der Waals surface area contributed by atoms with E-state index in [0.29, 0.717) is 39.7 Å². The highest BCUT2D eigenvalue weighted by atomic mass is 19.1. The highest BCUT2D eigenvalue weighted by Gasteiger charge is 2.21. The number of halogens is 1. The summed E-state index contributed by atoms with van der Waals surface area (Å²) in [6.07, 6.45) is 3.38. The molecule has 1 unspecified atom stereocenters. The van der Waals surface area contributed by atoms with Gasteiger partial charge in [-0.15, -0.1) is 0 Å². The maximum atomic E-state index is 14.0. The zero-order valence-electron chi connectivity index (χ0n) is 25.3. The molecule has 44 heavy (non-hydrogen) atoms. The molecule has 2 amide bonds. The van der Waals surface area contributed by atoms with E-state index >= 15 is 0 Å². The maximum absolute atomic E-state index is 14.0. The van der Waals surface area contributed by atoms with E-state index in [2.05, 4.69) is 30.9 Å². The van der Waals surface area contributed by atoms with Crippen molar-refractivity contribution in [3.8, 4) is 17.1 Å². The van der Waals surface area contributed by atoms with Crippen molar-refractivity contribution in [3.63, 3.8) is 0 Å². The van der Waals surface area contributed by atoms with E-state index in [1.165, 1.54) is 22.9 Å². The third-order valence-corrected chi connectivity index (χ3v) is 7.61. The molecule has 5 aromatic rings. The molecule has 0 saturated heterocycles. The molecule has 226 valence electrons. The lowest BCUT2D eigenvalue weighted by Gasteiger charge is -2.18. The summed E-state index contributed by atoms with van der Waals surface area (Å²) in [5.74, 6) is -0.125. The molecule has 2 aromatic carbocycles. The van der Waals surface area contributed by atoms with Crippen LogP contribution in [0, 0.1) is 26.6 Å². The summed E-state index contributed by atoms with van der Waals surface area (Å²) in [7, 11) is 3.19. The van der Waals surface area contributed by atoms with Gasteiger partial charge in [-0.25, -0.2) is 19.3 Å². The van der Waals surface area contributed by atoms with E-state index in [1.807, 2.05) is 17.7 Å². The number of nitrogens with zero attached hydrogens (tertiary/aromatic N) is 5. The summed E-state index contributed by atoms with van der Waals surface area (Å²) in [6, 6.07) is 11.0. The Morgan fingerprint density at radius 2 is 1.82 bits per heavy atom. The van der Waals surface area contributed by atoms with Crippen LogP contribution >= 0.6 is 0 Å². The number of hydrogen-bond donors (Lipinski definition) is 3. The Labute approximate surface area is 253 Å². The first kappa shape index (κ1) is 30.2. The molecule has 0 spiro atoms. The lowest BCUT2D eigenvalue weighted by Crippen LogP contribution is -2.38. The lowest BCUT2D eigenvalue weighted by molar-refractivity contribution is -0.117. The van der Waals surface area contributed by atoms with Gasteiger partial charge in [-0.1, -0.05) is 12.1 Å². The molecule has 12 heteroatoms. The summed E-state index contributed by atoms with van der Waals surface area (Å²) in [4.78, 5) is 52.7. The molecule has 3 aromatic heterocycles. The molecule has 3 N–H and O–H groups in total. The van der Waals surface area contributed by atoms with Gasteiger partial charge in [0.25, 0.3) is 11.5 Å². The number of benzene rings is 2. The molecular weight excluding hydrogens is 563 g/mol. The number of nitrogens with one attached hydrogen (secondary N) is 3. The number of aromatic nitrogens is 5. The predicted molar refractivity (Wildman–Crippen MR) is 167 cm³/mol. The molecule has 5 rings (SSSR count). The number of aryl methyl sites for hydroxylation is 2. The molecule has 1 atom stereocenters. The summed E-state index contributed by atoms with van der Waals surface area (Å²) < 4.78 is 17.3. The van der Waals surface area contributed by atoms with Crippen molar-refractivity contribution < 1.29 is 14.0 Å². The number of fused-ring (bicyclic) bond motifs is 1. The molecular formula is C32H33FN8O3. The average Bonchev–Trinajstić information content (AvgIpc) is 3.33. The highest BCUT2D eigenvalue weighted by molar-refractivity contribution is 5.97. The summed E-state index contributed by atoms with van der Waals surface area (Å²) >= 11 is 0. The standard InChI is InChI=1S/C32H33FN8O3/c1-17-15-40(26-11-10-21(33)12-25(17)26)28-13-22(37-20(4)38-28)16-41-27(23-8-7-9-24(18(23)2)31(43)35-6)14-36-29(32(41)44)39-30(42)19(3)34-5/h7-15,19,34H,16H2,1-6H3,(H,35,43)(H,36,39,42). The topological polar surface area (TPSA) is 136 Å². The second kappa shape index (κ2) is 12.2. The second-order valence-corrected chi connectivity index (χ2v) is 10.5. The molecule has 11 nitrogen and oxygen atoms in total. The first-order valence-electron chi connectivity index (χ1n) is 14.0. The molecule has 0 aliphatic heterocycles. The van der Waals surface area contributed by atoms with Crippen LogP contribution in [0.4, 0.5) is 10.2 Å². The number of amides is 2. The van der Waals surface area contributed by atoms with E-state index in [9.17, 15) is 18.8 Å². The minimum absolute atomic E-state index is 0.00789. The molecule has 0 saturated carbocycles. The van der Waals surface area contributed by atoms with Gasteiger partial charge in [0.2, 0.25) is 5.91 Å². The van der Waals surface area contributed by atoms with Crippen LogP contribution in [0.5, 0.6) is 0 Å². The van der Waals surface area contributed by atoms with Crippen molar-refractivity contribution in [2.45, 2.75) is 40.3 Å². The monoisotopic (exact) mass is 596 g/mol. The number of hydrogen-bond acceptors (Lipinski definition) is 7. The van der Waals surface area contributed by atoms with Crippen molar-refractivity contribution in [2.24, 2.45) is 0 Å². The summed E-state index contributed by atoms with van der Waals surface area (Å²) in [5, 5.41) is 8.87. The minimum atomic E-state index is -0.559. The quantitative estimate of drug-likeness (QED) is 0.249. The first-order chi connectivity index (χ1) is 21.0. The van der Waals surface area contributed by atoms with Crippen molar-refractivity contribution in [1.29, 1.82) is 0 Å². The third-order valence-electron chi connectivity index (χ3n) is 7.61. The average molecular weight is 597 g/mol. The zero-order chi connectivity index (χ0) is 31.7. The van der Waals surface area contributed by atoms with Crippen molar-refractivity contribution in [2.75, 3.05) is 19.4 Å². The van der Waals surface area contributed by atoms with Crippen LogP contribution in [-0.2, 0) is 11.3 Å². The number of likely N-dealkylation sites (N-methyl/N-ethyl adjacent to an activating group) is 1. The Balaban J connectivity index is 1.66. The van der Waals surface area contributed by atoms with Gasteiger partial charge in [0.1, 0.15) is 17.5 Å². The van der Waals surface area contributed by atoms with Gasteiger partial charge in [0, 0.05) is 35.8 Å². The SMILES string of the molecule is CNC(=O)c1cccc(-c2cnc(NC(=O)C(C)NC)c(=O)n2Cc2cc(-n3cc(C)c4cc(F)ccc43)nc(C)n2)c1C. The van der Waals surface area contributed by atoms with E-state index in [4.69, 9.17) is 0 Å². The summed E-state index contributed by atoms with van der Waals surface area (Å²) in [5.41, 5.74) is 3.81. The Morgan fingerprint density at radius 1 is 1.05 bits per heavy atom. The minimum Gasteiger partial charge on any atom is -0.355 e. The van der Waals surface area contributed by atoms with Gasteiger partial charge >= 0.3 is 0 Å². The molecule has 3 heterocycles. The van der Waals surface area contributed by atoms with Crippen LogP contribution in [-0.4, -0.2) is 56.0 Å². The van der Waals surface area contributed by atoms with Crippen LogP contribution in [0.2, 0.25) is 0 Å². The zero-order valence-corrected chi connectivity index (χ0v) is 25.3. The van der Waals surface area contributed by atoms with Crippen LogP contribution in [0.15, 0.2) is 59.7 Å². The second-order valence-electron chi connectivity index (χ2n) is 10.5. The van der Waals surface area contributed by atoms with Crippen LogP contribution in [0.3, 0.4) is 0 Å². The lowest BCUT2D eigenvalue weighted by atomic mass is 9.99. The molecule has 0 bridgehead atoms. The van der Waals surface area contributed by atoms with Crippen molar-refractivity contribution in [1.82, 2.24) is 34.7 Å². The summed E-state index contributed by atoms with van der Waals surface area (Å²) in [6.45, 7) is 7.13. The number of anilines is 1. The predicted octanol–water partition coefficient (Wildman–Crippen LogP) is 3.66. The van der Waals surface area contributed by atoms with Gasteiger partial charge in [-0.2, -0.15) is 0 Å². The fraction of sp³-hybridized carbons (Fsp3) is 0.250. The van der Waals surface area contributed by atoms with Gasteiger partial charge in [-0.05, 0) is 70.1 Å². The molecule has 0 radical (unpaired) electrons. The number of carbonyl (C=O) groups excluding carboxylic acids is 2. The molecule has 0 fully saturated rings. The largest absolute Gasteiger partial charge is 0.355 e. The van der Waals surface area contributed by atoms with Gasteiger partial charge < -0.3 is 20.5 Å². The van der Waals surface area contributed by atoms with Crippen LogP contribution in [0.1, 0.15) is 39.9 Å². The third kappa shape index (κ3) is 5.71. The highest BCUT2D eigenvalue weighted by Crippen LogP contribution is 2.27. The number of carbonyl (C=O) groups is 2. The van der Waals surface area contributed by atoms with E-state index < -0.39 is 17.5 Å². The van der Waals surface area contributed by atoms with Gasteiger partial charge in [-0.3, -0.25) is 19.0 Å². The van der Waals surface area contributed by atoms with Crippen molar-refractivity contribution in [3.05, 3.63) is 99.2 Å².